The lowest BCUT2D eigenvalue weighted by atomic mass is 9.92. The number of nitrogens with one attached hydrogen (secondary N) is 1. The normalized spacial score (nSPS) is 18.7. The molecule has 0 aromatic heterocycles. The number of rotatable bonds is 6. The monoisotopic (exact) mass is 269 g/mol. The third-order valence-electron chi connectivity index (χ3n) is 3.94. The van der Waals surface area contributed by atoms with Crippen molar-refractivity contribution in [1.82, 2.24) is 5.32 Å². The maximum atomic E-state index is 13.4. The number of benzene rings is 1. The van der Waals surface area contributed by atoms with Gasteiger partial charge in [-0.05, 0) is 55.3 Å². The molecule has 1 N–H and O–H groups in total. The molecule has 0 amide bonds. The summed E-state index contributed by atoms with van der Waals surface area (Å²) in [4.78, 5) is 0. The van der Waals surface area contributed by atoms with Gasteiger partial charge in [-0.1, -0.05) is 31.5 Å². The lowest BCUT2D eigenvalue weighted by Gasteiger charge is -2.25. The molecule has 1 atom stereocenters. The quantitative estimate of drug-likeness (QED) is 0.817. The first kappa shape index (κ1) is 13.8. The molecule has 0 heterocycles. The van der Waals surface area contributed by atoms with E-state index in [1.807, 2.05) is 6.07 Å². The fourth-order valence-corrected chi connectivity index (χ4v) is 2.45. The predicted molar refractivity (Wildman–Crippen MR) is 74.5 cm³/mol. The van der Waals surface area contributed by atoms with Crippen LogP contribution in [0.5, 0.6) is 0 Å². The number of halogens is 2. The van der Waals surface area contributed by atoms with Crippen molar-refractivity contribution in [3.63, 3.8) is 0 Å². The Kier molecular flexibility index (Phi) is 4.29. The van der Waals surface area contributed by atoms with Crippen LogP contribution in [0.3, 0.4) is 0 Å². The largest absolute Gasteiger partial charge is 0.313 e. The Morgan fingerprint density at radius 1 is 1.44 bits per heavy atom. The second-order valence-corrected chi connectivity index (χ2v) is 6.02. The fourth-order valence-electron chi connectivity index (χ4n) is 2.33. The second-order valence-electron chi connectivity index (χ2n) is 5.61. The van der Waals surface area contributed by atoms with Crippen molar-refractivity contribution in [1.29, 1.82) is 0 Å². The maximum Gasteiger partial charge on any atom is 0.142 e. The zero-order valence-electron chi connectivity index (χ0n) is 11.1. The molecular formula is C15H21ClFN. The van der Waals surface area contributed by atoms with E-state index in [1.165, 1.54) is 12.8 Å². The minimum absolute atomic E-state index is 0.203. The molecule has 100 valence electrons. The molecular weight excluding hydrogens is 249 g/mol. The van der Waals surface area contributed by atoms with E-state index in [-0.39, 0.29) is 10.8 Å². The molecule has 2 rings (SSSR count). The van der Waals surface area contributed by atoms with Crippen LogP contribution in [0.1, 0.15) is 38.7 Å². The van der Waals surface area contributed by atoms with Gasteiger partial charge in [0.15, 0.2) is 0 Å². The van der Waals surface area contributed by atoms with Gasteiger partial charge in [-0.3, -0.25) is 0 Å². The van der Waals surface area contributed by atoms with Gasteiger partial charge in [-0.25, -0.2) is 4.39 Å². The molecule has 0 saturated heterocycles. The van der Waals surface area contributed by atoms with Crippen LogP contribution in [0.15, 0.2) is 18.2 Å². The first-order valence-corrected chi connectivity index (χ1v) is 7.10. The molecule has 1 fully saturated rings. The average Bonchev–Trinajstić information content (AvgIpc) is 3.08. The highest BCUT2D eigenvalue weighted by Gasteiger charge is 2.44. The van der Waals surface area contributed by atoms with E-state index in [9.17, 15) is 4.39 Å². The fraction of sp³-hybridized carbons (Fsp3) is 0.600. The molecule has 0 bridgehead atoms. The van der Waals surface area contributed by atoms with E-state index in [1.54, 1.807) is 12.1 Å². The Morgan fingerprint density at radius 3 is 2.72 bits per heavy atom. The Morgan fingerprint density at radius 2 is 2.17 bits per heavy atom. The van der Waals surface area contributed by atoms with Gasteiger partial charge in [0.05, 0.1) is 5.02 Å². The summed E-state index contributed by atoms with van der Waals surface area (Å²) in [5.41, 5.74) is 1.42. The van der Waals surface area contributed by atoms with Gasteiger partial charge < -0.3 is 5.32 Å². The summed E-state index contributed by atoms with van der Waals surface area (Å²) in [6.45, 7) is 5.50. The van der Waals surface area contributed by atoms with Crippen molar-refractivity contribution in [3.05, 3.63) is 34.6 Å². The molecule has 0 spiro atoms. The Bertz CT molecular complexity index is 415. The van der Waals surface area contributed by atoms with Crippen LogP contribution in [0.4, 0.5) is 4.39 Å². The van der Waals surface area contributed by atoms with E-state index in [4.69, 9.17) is 11.6 Å². The van der Waals surface area contributed by atoms with Crippen LogP contribution >= 0.6 is 11.6 Å². The van der Waals surface area contributed by atoms with E-state index >= 15 is 0 Å². The van der Waals surface area contributed by atoms with E-state index < -0.39 is 0 Å². The third kappa shape index (κ3) is 3.24. The standard InChI is InChI=1S/C15H21ClFN/c1-3-8-18-14(15(2)6-7-15)10-11-4-5-12(16)13(17)9-11/h4-5,9,14,18H,3,6-8,10H2,1-2H3. The van der Waals surface area contributed by atoms with Gasteiger partial charge in [0.1, 0.15) is 5.82 Å². The molecule has 18 heavy (non-hydrogen) atoms. The van der Waals surface area contributed by atoms with Crippen molar-refractivity contribution in [3.8, 4) is 0 Å². The summed E-state index contributed by atoms with van der Waals surface area (Å²) in [5, 5.41) is 3.80. The Labute approximate surface area is 114 Å². The minimum atomic E-state index is -0.315. The molecule has 1 aromatic rings. The molecule has 1 nitrogen and oxygen atoms in total. The lowest BCUT2D eigenvalue weighted by Crippen LogP contribution is -2.38. The van der Waals surface area contributed by atoms with Crippen LogP contribution in [0.2, 0.25) is 5.02 Å². The van der Waals surface area contributed by atoms with Gasteiger partial charge in [0.2, 0.25) is 0 Å². The Hall–Kier alpha value is -0.600. The van der Waals surface area contributed by atoms with Crippen LogP contribution in [0, 0.1) is 11.2 Å². The van der Waals surface area contributed by atoms with Crippen molar-refractivity contribution in [2.75, 3.05) is 6.54 Å². The zero-order chi connectivity index (χ0) is 13.2. The van der Waals surface area contributed by atoms with Gasteiger partial charge >= 0.3 is 0 Å². The van der Waals surface area contributed by atoms with E-state index in [0.717, 1.165) is 24.9 Å². The summed E-state index contributed by atoms with van der Waals surface area (Å²) in [5.74, 6) is -0.315. The molecule has 1 aliphatic carbocycles. The smallest absolute Gasteiger partial charge is 0.142 e. The third-order valence-corrected chi connectivity index (χ3v) is 4.25. The minimum Gasteiger partial charge on any atom is -0.313 e. The van der Waals surface area contributed by atoms with Crippen LogP contribution in [0.25, 0.3) is 0 Å². The van der Waals surface area contributed by atoms with Crippen molar-refractivity contribution < 1.29 is 4.39 Å². The summed E-state index contributed by atoms with van der Waals surface area (Å²) in [6, 6.07) is 5.59. The topological polar surface area (TPSA) is 12.0 Å². The van der Waals surface area contributed by atoms with Gasteiger partial charge in [-0.15, -0.1) is 0 Å². The SMILES string of the molecule is CCCNC(Cc1ccc(Cl)c(F)c1)C1(C)CC1. The molecule has 1 aromatic carbocycles. The summed E-state index contributed by atoms with van der Waals surface area (Å²) < 4.78 is 13.4. The zero-order valence-corrected chi connectivity index (χ0v) is 11.9. The van der Waals surface area contributed by atoms with Crippen LogP contribution in [-0.2, 0) is 6.42 Å². The van der Waals surface area contributed by atoms with Gasteiger partial charge in [0, 0.05) is 6.04 Å². The van der Waals surface area contributed by atoms with Crippen molar-refractivity contribution >= 4 is 11.6 Å². The highest BCUT2D eigenvalue weighted by Crippen LogP contribution is 2.49. The number of hydrogen-bond acceptors (Lipinski definition) is 1. The second kappa shape index (κ2) is 5.58. The predicted octanol–water partition coefficient (Wildman–Crippen LogP) is 4.19. The molecule has 1 unspecified atom stereocenters. The molecule has 3 heteroatoms. The summed E-state index contributed by atoms with van der Waals surface area (Å²) in [7, 11) is 0. The molecule has 1 aliphatic rings. The maximum absolute atomic E-state index is 13.4. The number of hydrogen-bond donors (Lipinski definition) is 1. The lowest BCUT2D eigenvalue weighted by molar-refractivity contribution is 0.354. The van der Waals surface area contributed by atoms with Gasteiger partial charge in [0.25, 0.3) is 0 Å². The molecule has 1 saturated carbocycles. The molecule has 0 radical (unpaired) electrons. The molecule has 0 aliphatic heterocycles. The summed E-state index contributed by atoms with van der Waals surface area (Å²) in [6.07, 6.45) is 4.54. The van der Waals surface area contributed by atoms with E-state index in [2.05, 4.69) is 19.2 Å². The van der Waals surface area contributed by atoms with Crippen LogP contribution < -0.4 is 5.32 Å². The average molecular weight is 270 g/mol. The van der Waals surface area contributed by atoms with Crippen molar-refractivity contribution in [2.45, 2.75) is 45.6 Å². The Balaban J connectivity index is 2.05. The highest BCUT2D eigenvalue weighted by atomic mass is 35.5. The van der Waals surface area contributed by atoms with Crippen LogP contribution in [-0.4, -0.2) is 12.6 Å². The first-order chi connectivity index (χ1) is 8.55. The first-order valence-electron chi connectivity index (χ1n) is 6.72. The van der Waals surface area contributed by atoms with E-state index in [0.29, 0.717) is 11.5 Å². The van der Waals surface area contributed by atoms with Crippen molar-refractivity contribution in [2.24, 2.45) is 5.41 Å². The highest BCUT2D eigenvalue weighted by molar-refractivity contribution is 6.30. The summed E-state index contributed by atoms with van der Waals surface area (Å²) >= 11 is 5.71. The van der Waals surface area contributed by atoms with Gasteiger partial charge in [-0.2, -0.15) is 0 Å².